The van der Waals surface area contributed by atoms with Crippen LogP contribution in [0.4, 0.5) is 0 Å². The standard InChI is InChI=1S/C13H15Br/c1-2-3-4-5-6-8-12-9-7-10-13(14)11-12/h7,9-11H,2-3,6,8H2,1H3. The Morgan fingerprint density at radius 2 is 2.00 bits per heavy atom. The van der Waals surface area contributed by atoms with E-state index in [0.29, 0.717) is 0 Å². The van der Waals surface area contributed by atoms with Gasteiger partial charge in [-0.3, -0.25) is 0 Å². The van der Waals surface area contributed by atoms with Gasteiger partial charge in [-0.15, -0.1) is 11.8 Å². The Morgan fingerprint density at radius 3 is 2.71 bits per heavy atom. The number of halogens is 1. The summed E-state index contributed by atoms with van der Waals surface area (Å²) in [6.07, 6.45) is 4.20. The average Bonchev–Trinajstić information content (AvgIpc) is 2.18. The van der Waals surface area contributed by atoms with Gasteiger partial charge in [-0.1, -0.05) is 35.0 Å². The lowest BCUT2D eigenvalue weighted by molar-refractivity contribution is 0.973. The minimum Gasteiger partial charge on any atom is -0.103 e. The van der Waals surface area contributed by atoms with Gasteiger partial charge in [0, 0.05) is 17.3 Å². The molecule has 0 bridgehead atoms. The highest BCUT2D eigenvalue weighted by Gasteiger charge is 1.91. The van der Waals surface area contributed by atoms with E-state index in [-0.39, 0.29) is 0 Å². The van der Waals surface area contributed by atoms with Crippen LogP contribution in [-0.2, 0) is 6.42 Å². The van der Waals surface area contributed by atoms with Crippen LogP contribution in [0.15, 0.2) is 28.7 Å². The van der Waals surface area contributed by atoms with Crippen molar-refractivity contribution in [3.05, 3.63) is 34.3 Å². The molecule has 0 aliphatic rings. The summed E-state index contributed by atoms with van der Waals surface area (Å²) < 4.78 is 1.15. The minimum absolute atomic E-state index is 0.969. The zero-order valence-corrected chi connectivity index (χ0v) is 10.1. The number of aryl methyl sites for hydroxylation is 1. The lowest BCUT2D eigenvalue weighted by Gasteiger charge is -1.97. The SMILES string of the molecule is CCCC#CCCc1cccc(Br)c1. The molecule has 0 heterocycles. The molecule has 0 spiro atoms. The van der Waals surface area contributed by atoms with Gasteiger partial charge in [-0.05, 0) is 30.5 Å². The van der Waals surface area contributed by atoms with Gasteiger partial charge in [-0.25, -0.2) is 0 Å². The summed E-state index contributed by atoms with van der Waals surface area (Å²) in [5.74, 6) is 6.35. The first kappa shape index (κ1) is 11.3. The molecule has 0 aliphatic carbocycles. The second-order valence-electron chi connectivity index (χ2n) is 3.23. The van der Waals surface area contributed by atoms with E-state index < -0.39 is 0 Å². The zero-order chi connectivity index (χ0) is 10.2. The second kappa shape index (κ2) is 6.68. The largest absolute Gasteiger partial charge is 0.103 e. The van der Waals surface area contributed by atoms with E-state index in [1.54, 1.807) is 0 Å². The maximum absolute atomic E-state index is 3.46. The van der Waals surface area contributed by atoms with Crippen LogP contribution in [0.5, 0.6) is 0 Å². The maximum atomic E-state index is 3.46. The van der Waals surface area contributed by atoms with Crippen LogP contribution in [0.1, 0.15) is 31.7 Å². The van der Waals surface area contributed by atoms with E-state index >= 15 is 0 Å². The fraction of sp³-hybridized carbons (Fsp3) is 0.385. The topological polar surface area (TPSA) is 0 Å². The molecule has 0 aromatic heterocycles. The third-order valence-electron chi connectivity index (χ3n) is 1.93. The van der Waals surface area contributed by atoms with Crippen molar-refractivity contribution in [2.24, 2.45) is 0 Å². The van der Waals surface area contributed by atoms with Crippen LogP contribution in [-0.4, -0.2) is 0 Å². The predicted octanol–water partition coefficient (Wildman–Crippen LogP) is 4.19. The Labute approximate surface area is 94.9 Å². The highest BCUT2D eigenvalue weighted by molar-refractivity contribution is 9.10. The fourth-order valence-electron chi connectivity index (χ4n) is 1.20. The average molecular weight is 251 g/mol. The molecule has 0 aliphatic heterocycles. The molecule has 0 fully saturated rings. The first-order valence-electron chi connectivity index (χ1n) is 5.03. The van der Waals surface area contributed by atoms with Gasteiger partial charge in [0.2, 0.25) is 0 Å². The Hall–Kier alpha value is -0.740. The Kier molecular flexibility index (Phi) is 5.40. The van der Waals surface area contributed by atoms with Crippen molar-refractivity contribution in [3.8, 4) is 11.8 Å². The molecule has 0 unspecified atom stereocenters. The van der Waals surface area contributed by atoms with Crippen molar-refractivity contribution in [1.82, 2.24) is 0 Å². The summed E-state index contributed by atoms with van der Waals surface area (Å²) in [6, 6.07) is 8.42. The van der Waals surface area contributed by atoms with Gasteiger partial charge in [0.1, 0.15) is 0 Å². The molecule has 1 aromatic rings. The lowest BCUT2D eigenvalue weighted by Crippen LogP contribution is -1.82. The van der Waals surface area contributed by atoms with Gasteiger partial charge in [-0.2, -0.15) is 0 Å². The normalized spacial score (nSPS) is 9.29. The van der Waals surface area contributed by atoms with Crippen molar-refractivity contribution in [1.29, 1.82) is 0 Å². The molecule has 0 N–H and O–H groups in total. The predicted molar refractivity (Wildman–Crippen MR) is 65.1 cm³/mol. The van der Waals surface area contributed by atoms with Crippen molar-refractivity contribution in [2.75, 3.05) is 0 Å². The third-order valence-corrected chi connectivity index (χ3v) is 2.42. The highest BCUT2D eigenvalue weighted by atomic mass is 79.9. The Bertz CT molecular complexity index is 331. The Balaban J connectivity index is 2.36. The van der Waals surface area contributed by atoms with Crippen molar-refractivity contribution in [2.45, 2.75) is 32.6 Å². The second-order valence-corrected chi connectivity index (χ2v) is 4.15. The van der Waals surface area contributed by atoms with Crippen molar-refractivity contribution in [3.63, 3.8) is 0 Å². The molecule has 1 aromatic carbocycles. The number of hydrogen-bond donors (Lipinski definition) is 0. The van der Waals surface area contributed by atoms with Crippen LogP contribution in [0.25, 0.3) is 0 Å². The summed E-state index contributed by atoms with van der Waals surface area (Å²) in [5, 5.41) is 0. The lowest BCUT2D eigenvalue weighted by atomic mass is 10.1. The van der Waals surface area contributed by atoms with Crippen LogP contribution >= 0.6 is 15.9 Å². The van der Waals surface area contributed by atoms with Crippen LogP contribution in [0, 0.1) is 11.8 Å². The number of rotatable bonds is 3. The molecule has 0 saturated carbocycles. The van der Waals surface area contributed by atoms with Crippen molar-refractivity contribution >= 4 is 15.9 Å². The first-order chi connectivity index (χ1) is 6.83. The van der Waals surface area contributed by atoms with Gasteiger partial charge in [0.05, 0.1) is 0 Å². The minimum atomic E-state index is 0.969. The highest BCUT2D eigenvalue weighted by Crippen LogP contribution is 2.12. The number of unbranched alkanes of at least 4 members (excludes halogenated alkanes) is 1. The number of benzene rings is 1. The maximum Gasteiger partial charge on any atom is 0.0178 e. The monoisotopic (exact) mass is 250 g/mol. The smallest absolute Gasteiger partial charge is 0.0178 e. The van der Waals surface area contributed by atoms with E-state index in [9.17, 15) is 0 Å². The van der Waals surface area contributed by atoms with Gasteiger partial charge < -0.3 is 0 Å². The summed E-state index contributed by atoms with van der Waals surface area (Å²) in [5.41, 5.74) is 1.35. The summed E-state index contributed by atoms with van der Waals surface area (Å²) >= 11 is 3.46. The number of hydrogen-bond acceptors (Lipinski definition) is 0. The van der Waals surface area contributed by atoms with Crippen LogP contribution in [0.3, 0.4) is 0 Å². The molecule has 0 nitrogen and oxygen atoms in total. The summed E-state index contributed by atoms with van der Waals surface area (Å²) in [4.78, 5) is 0. The molecule has 0 atom stereocenters. The van der Waals surface area contributed by atoms with Crippen LogP contribution in [0.2, 0.25) is 0 Å². The quantitative estimate of drug-likeness (QED) is 0.707. The van der Waals surface area contributed by atoms with E-state index in [1.807, 2.05) is 6.07 Å². The molecule has 1 heteroatoms. The van der Waals surface area contributed by atoms with E-state index in [0.717, 1.165) is 30.2 Å². The molecular weight excluding hydrogens is 236 g/mol. The first-order valence-corrected chi connectivity index (χ1v) is 5.82. The van der Waals surface area contributed by atoms with Gasteiger partial charge in [0.25, 0.3) is 0 Å². The Morgan fingerprint density at radius 1 is 1.21 bits per heavy atom. The molecular formula is C13H15Br. The van der Waals surface area contributed by atoms with Crippen molar-refractivity contribution < 1.29 is 0 Å². The van der Waals surface area contributed by atoms with Gasteiger partial charge in [0.15, 0.2) is 0 Å². The molecule has 1 rings (SSSR count). The van der Waals surface area contributed by atoms with E-state index in [1.165, 1.54) is 5.56 Å². The molecule has 14 heavy (non-hydrogen) atoms. The summed E-state index contributed by atoms with van der Waals surface area (Å²) in [7, 11) is 0. The summed E-state index contributed by atoms with van der Waals surface area (Å²) in [6.45, 7) is 2.16. The molecule has 0 saturated heterocycles. The van der Waals surface area contributed by atoms with E-state index in [4.69, 9.17) is 0 Å². The van der Waals surface area contributed by atoms with E-state index in [2.05, 4.69) is 52.9 Å². The molecule has 0 amide bonds. The fourth-order valence-corrected chi connectivity index (χ4v) is 1.65. The molecule has 74 valence electrons. The molecule has 0 radical (unpaired) electrons. The van der Waals surface area contributed by atoms with Crippen LogP contribution < -0.4 is 0 Å². The van der Waals surface area contributed by atoms with Gasteiger partial charge >= 0.3 is 0 Å². The zero-order valence-electron chi connectivity index (χ0n) is 8.52. The third kappa shape index (κ3) is 4.48.